The van der Waals surface area contributed by atoms with Crippen molar-refractivity contribution in [3.05, 3.63) is 29.8 Å². The summed E-state index contributed by atoms with van der Waals surface area (Å²) in [5.74, 6) is 0. The molecule has 1 aromatic rings. The summed E-state index contributed by atoms with van der Waals surface area (Å²) in [4.78, 5) is 0. The fraction of sp³-hybridized carbons (Fsp3) is 0.250. The Labute approximate surface area is 71.5 Å². The molecule has 0 amide bonds. The predicted molar refractivity (Wildman–Crippen MR) is 55.8 cm³/mol. The van der Waals surface area contributed by atoms with Gasteiger partial charge in [0, 0.05) is 6.54 Å². The van der Waals surface area contributed by atoms with Crippen molar-refractivity contribution in [3.63, 3.8) is 0 Å². The number of hydrogen-bond donors (Lipinski definition) is 0. The lowest BCUT2D eigenvalue weighted by atomic mass is 9.95. The van der Waals surface area contributed by atoms with Gasteiger partial charge in [0.05, 0.1) is 0 Å². The molecule has 0 spiro atoms. The first-order valence-electron chi connectivity index (χ1n) is 3.70. The third-order valence-corrected chi connectivity index (χ3v) is 1.74. The van der Waals surface area contributed by atoms with E-state index in [0.717, 1.165) is 6.54 Å². The van der Waals surface area contributed by atoms with Gasteiger partial charge < -0.3 is 0 Å². The Bertz CT molecular complexity index is 220. The molecule has 0 aliphatic rings. The Morgan fingerprint density at radius 1 is 1.36 bits per heavy atom. The first-order valence-corrected chi connectivity index (χ1v) is 4.21. The van der Waals surface area contributed by atoms with Crippen LogP contribution >= 0.6 is 9.39 Å². The molecule has 58 valence electrons. The van der Waals surface area contributed by atoms with Crippen LogP contribution in [0.15, 0.2) is 24.3 Å². The lowest BCUT2D eigenvalue weighted by Crippen LogP contribution is -2.06. The molecule has 1 rings (SSSR count). The van der Waals surface area contributed by atoms with Crippen molar-refractivity contribution in [3.8, 4) is 0 Å². The fourth-order valence-electron chi connectivity index (χ4n) is 0.981. The molecule has 0 radical (unpaired) electrons. The maximum Gasteiger partial charge on any atom is 0.139 e. The highest BCUT2D eigenvalue weighted by atomic mass is 31.0. The molecule has 1 atom stereocenters. The normalized spacial score (nSPS) is 10.5. The average molecular weight is 165 g/mol. The summed E-state index contributed by atoms with van der Waals surface area (Å²) in [7, 11) is 6.80. The zero-order valence-corrected chi connectivity index (χ0v) is 8.20. The zero-order chi connectivity index (χ0) is 8.27. The Morgan fingerprint density at radius 2 is 1.91 bits per heavy atom. The van der Waals surface area contributed by atoms with E-state index in [2.05, 4.69) is 46.2 Å². The van der Waals surface area contributed by atoms with Crippen LogP contribution in [0.4, 0.5) is 0 Å². The average Bonchev–Trinajstić information content (AvgIpc) is 1.93. The second-order valence-corrected chi connectivity index (χ2v) is 3.78. The molecule has 11 heavy (non-hydrogen) atoms. The van der Waals surface area contributed by atoms with E-state index in [9.17, 15) is 0 Å². The molecule has 3 heteroatoms. The van der Waals surface area contributed by atoms with Crippen molar-refractivity contribution in [1.82, 2.24) is 4.67 Å². The highest BCUT2D eigenvalue weighted by Gasteiger charge is 1.92. The van der Waals surface area contributed by atoms with Gasteiger partial charge in [-0.25, -0.2) is 0 Å². The molecule has 0 saturated carbocycles. The van der Waals surface area contributed by atoms with Crippen molar-refractivity contribution in [2.24, 2.45) is 0 Å². The van der Waals surface area contributed by atoms with Gasteiger partial charge in [0.25, 0.3) is 0 Å². The third-order valence-electron chi connectivity index (χ3n) is 1.55. The van der Waals surface area contributed by atoms with Crippen LogP contribution in [-0.4, -0.2) is 19.6 Å². The summed E-state index contributed by atoms with van der Waals surface area (Å²) in [6, 6.07) is 8.61. The second-order valence-electron chi connectivity index (χ2n) is 2.90. The Morgan fingerprint density at radius 3 is 2.36 bits per heavy atom. The van der Waals surface area contributed by atoms with Crippen LogP contribution in [0.25, 0.3) is 0 Å². The minimum atomic E-state index is 0.991. The number of nitrogens with zero attached hydrogens (tertiary/aromatic N) is 1. The summed E-state index contributed by atoms with van der Waals surface area (Å²) in [5.41, 5.74) is 2.67. The van der Waals surface area contributed by atoms with E-state index in [-0.39, 0.29) is 0 Å². The topological polar surface area (TPSA) is 3.24 Å². The molecule has 0 saturated heterocycles. The molecular weight excluding hydrogens is 152 g/mol. The van der Waals surface area contributed by atoms with E-state index in [0.29, 0.717) is 0 Å². The third kappa shape index (κ3) is 3.05. The van der Waals surface area contributed by atoms with Gasteiger partial charge in [-0.15, -0.1) is 0 Å². The summed E-state index contributed by atoms with van der Waals surface area (Å²) in [6.45, 7) is 0.991. The van der Waals surface area contributed by atoms with E-state index in [1.807, 2.05) is 7.05 Å². The van der Waals surface area contributed by atoms with Crippen molar-refractivity contribution in [1.29, 1.82) is 0 Å². The molecule has 1 aromatic carbocycles. The number of hydrogen-bond acceptors (Lipinski definition) is 1. The Hall–Kier alpha value is -0.325. The van der Waals surface area contributed by atoms with Crippen molar-refractivity contribution in [2.75, 3.05) is 7.05 Å². The molecular formula is C8H13BNP. The largest absolute Gasteiger partial charge is 0.286 e. The summed E-state index contributed by atoms with van der Waals surface area (Å²) in [6.07, 6.45) is 0. The van der Waals surface area contributed by atoms with E-state index in [4.69, 9.17) is 0 Å². The minimum absolute atomic E-state index is 0.991. The molecule has 1 nitrogen and oxygen atoms in total. The van der Waals surface area contributed by atoms with Gasteiger partial charge in [-0.2, -0.15) is 0 Å². The lowest BCUT2D eigenvalue weighted by Gasteiger charge is -2.08. The fourth-order valence-corrected chi connectivity index (χ4v) is 1.19. The van der Waals surface area contributed by atoms with Crippen molar-refractivity contribution < 1.29 is 0 Å². The van der Waals surface area contributed by atoms with Crippen LogP contribution < -0.4 is 5.46 Å². The second kappa shape index (κ2) is 3.89. The van der Waals surface area contributed by atoms with Gasteiger partial charge in [-0.1, -0.05) is 39.1 Å². The number of benzene rings is 1. The minimum Gasteiger partial charge on any atom is -0.286 e. The van der Waals surface area contributed by atoms with Gasteiger partial charge in [-0.05, 0) is 12.6 Å². The Balaban J connectivity index is 2.66. The van der Waals surface area contributed by atoms with Crippen LogP contribution in [0.1, 0.15) is 5.56 Å². The molecule has 0 aliphatic carbocycles. The summed E-state index contributed by atoms with van der Waals surface area (Å²) in [5, 5.41) is 0. The van der Waals surface area contributed by atoms with Crippen LogP contribution in [-0.2, 0) is 6.54 Å². The van der Waals surface area contributed by atoms with E-state index < -0.39 is 0 Å². The van der Waals surface area contributed by atoms with Gasteiger partial charge in [0.1, 0.15) is 7.85 Å². The van der Waals surface area contributed by atoms with Gasteiger partial charge in [-0.3, -0.25) is 4.67 Å². The summed E-state index contributed by atoms with van der Waals surface area (Å²) < 4.78 is 2.09. The Kier molecular flexibility index (Phi) is 3.10. The van der Waals surface area contributed by atoms with Crippen LogP contribution in [0, 0.1) is 0 Å². The maximum absolute atomic E-state index is 2.65. The zero-order valence-electron chi connectivity index (χ0n) is 7.04. The van der Waals surface area contributed by atoms with Gasteiger partial charge >= 0.3 is 0 Å². The standard InChI is InChI=1S/C8H13BNP/c1-10(11)6-7-2-4-8(9)5-3-7/h2-5H,6,9,11H2,1H3. The molecule has 0 aromatic heterocycles. The van der Waals surface area contributed by atoms with Crippen molar-refractivity contribution >= 4 is 22.7 Å². The van der Waals surface area contributed by atoms with Gasteiger partial charge in [0.2, 0.25) is 0 Å². The molecule has 0 aliphatic heterocycles. The smallest absolute Gasteiger partial charge is 0.139 e. The van der Waals surface area contributed by atoms with E-state index in [1.54, 1.807) is 0 Å². The van der Waals surface area contributed by atoms with Crippen LogP contribution in [0.5, 0.6) is 0 Å². The number of rotatable bonds is 2. The molecule has 1 unspecified atom stereocenters. The van der Waals surface area contributed by atoms with Crippen LogP contribution in [0.3, 0.4) is 0 Å². The molecule has 0 heterocycles. The SMILES string of the molecule is Bc1ccc(CN(C)P)cc1. The highest BCUT2D eigenvalue weighted by molar-refractivity contribution is 7.13. The van der Waals surface area contributed by atoms with E-state index in [1.165, 1.54) is 11.0 Å². The van der Waals surface area contributed by atoms with E-state index >= 15 is 0 Å². The molecule has 0 N–H and O–H groups in total. The predicted octanol–water partition coefficient (Wildman–Crippen LogP) is 0.167. The van der Waals surface area contributed by atoms with Crippen LogP contribution in [0.2, 0.25) is 0 Å². The monoisotopic (exact) mass is 165 g/mol. The quantitative estimate of drug-likeness (QED) is 0.445. The first-order chi connectivity index (χ1) is 5.18. The molecule has 0 bridgehead atoms. The maximum atomic E-state index is 2.65. The van der Waals surface area contributed by atoms with Gasteiger partial charge in [0.15, 0.2) is 0 Å². The lowest BCUT2D eigenvalue weighted by molar-refractivity contribution is 0.564. The van der Waals surface area contributed by atoms with Crippen molar-refractivity contribution in [2.45, 2.75) is 6.54 Å². The highest BCUT2D eigenvalue weighted by Crippen LogP contribution is 2.03. The molecule has 0 fully saturated rings. The first kappa shape index (κ1) is 8.77. The summed E-state index contributed by atoms with van der Waals surface area (Å²) >= 11 is 0.